The number of benzene rings is 7. The molecule has 1 unspecified atom stereocenters. The molecule has 7 nitrogen and oxygen atoms in total. The Morgan fingerprint density at radius 1 is 0.481 bits per heavy atom. The zero-order valence-corrected chi connectivity index (χ0v) is 27.9. The van der Waals surface area contributed by atoms with Crippen molar-refractivity contribution in [3.63, 3.8) is 0 Å². The van der Waals surface area contributed by atoms with Crippen LogP contribution in [0.2, 0.25) is 0 Å². The van der Waals surface area contributed by atoms with Gasteiger partial charge >= 0.3 is 0 Å². The van der Waals surface area contributed by atoms with Crippen molar-refractivity contribution in [2.45, 2.75) is 6.29 Å². The molecule has 0 radical (unpaired) electrons. The third kappa shape index (κ3) is 4.26. The van der Waals surface area contributed by atoms with Crippen LogP contribution >= 0.6 is 0 Å². The summed E-state index contributed by atoms with van der Waals surface area (Å²) in [5.41, 5.74) is 7.88. The molecule has 0 saturated carbocycles. The van der Waals surface area contributed by atoms with E-state index in [-0.39, 0.29) is 0 Å². The van der Waals surface area contributed by atoms with Crippen molar-refractivity contribution < 1.29 is 4.42 Å². The normalized spacial score (nSPS) is 14.7. The Labute approximate surface area is 298 Å². The first-order chi connectivity index (χ1) is 25.8. The van der Waals surface area contributed by atoms with Crippen LogP contribution in [0.4, 0.5) is 11.4 Å². The summed E-state index contributed by atoms with van der Waals surface area (Å²) >= 11 is 0. The van der Waals surface area contributed by atoms with E-state index in [1.165, 1.54) is 10.8 Å². The van der Waals surface area contributed by atoms with Gasteiger partial charge in [-0.05, 0) is 60.7 Å². The SMILES string of the molecule is c1ccc(N(C2=NC(n3c4ccccc4c4ccccc43)=NC(n3c4ccccc4c4ccccc43)N2)c2ccc3oc4ccccc4c3c2)cc1. The summed E-state index contributed by atoms with van der Waals surface area (Å²) in [6.45, 7) is 0. The van der Waals surface area contributed by atoms with E-state index in [0.717, 1.165) is 66.2 Å². The first-order valence-corrected chi connectivity index (χ1v) is 17.5. The van der Waals surface area contributed by atoms with Gasteiger partial charge in [-0.25, -0.2) is 4.99 Å². The molecule has 0 bridgehead atoms. The Morgan fingerprint density at radius 2 is 1.00 bits per heavy atom. The molecule has 0 fully saturated rings. The maximum atomic E-state index is 6.24. The van der Waals surface area contributed by atoms with Crippen molar-refractivity contribution in [1.82, 2.24) is 14.5 Å². The highest BCUT2D eigenvalue weighted by atomic mass is 16.3. The van der Waals surface area contributed by atoms with Crippen LogP contribution in [0.3, 0.4) is 0 Å². The highest BCUT2D eigenvalue weighted by Gasteiger charge is 2.29. The number of nitrogens with one attached hydrogen (secondary N) is 1. The minimum Gasteiger partial charge on any atom is -0.456 e. The number of hydrogen-bond donors (Lipinski definition) is 1. The lowest BCUT2D eigenvalue weighted by Crippen LogP contribution is -2.45. The van der Waals surface area contributed by atoms with Crippen LogP contribution in [-0.4, -0.2) is 21.1 Å². The molecule has 4 heterocycles. The van der Waals surface area contributed by atoms with Gasteiger partial charge in [-0.2, -0.15) is 4.99 Å². The number of nitrogens with zero attached hydrogens (tertiary/aromatic N) is 5. The van der Waals surface area contributed by atoms with Crippen molar-refractivity contribution in [3.05, 3.63) is 170 Å². The van der Waals surface area contributed by atoms with Crippen LogP contribution in [0.1, 0.15) is 6.29 Å². The van der Waals surface area contributed by atoms with Crippen molar-refractivity contribution in [2.75, 3.05) is 4.90 Å². The fraction of sp³-hybridized carbons (Fsp3) is 0.0222. The Hall–Kier alpha value is -7.12. The summed E-state index contributed by atoms with van der Waals surface area (Å²) < 4.78 is 10.7. The molecule has 1 atom stereocenters. The summed E-state index contributed by atoms with van der Waals surface area (Å²) in [4.78, 5) is 13.1. The predicted molar refractivity (Wildman–Crippen MR) is 214 cm³/mol. The van der Waals surface area contributed by atoms with E-state index in [9.17, 15) is 0 Å². The van der Waals surface area contributed by atoms with Gasteiger partial charge in [-0.1, -0.05) is 109 Å². The van der Waals surface area contributed by atoms with E-state index in [2.05, 4.69) is 171 Å². The van der Waals surface area contributed by atoms with E-state index < -0.39 is 6.29 Å². The standard InChI is InChI=1S/C45H30N6O/c1-2-14-29(15-3-1)49(30-26-27-42-36(28-30)35-20-8-13-25-41(35)52-42)43-46-44(50-37-21-9-4-16-31(37)32-17-5-10-22-38(32)50)48-45(47-43)51-39-23-11-6-18-33(39)34-19-7-12-24-40(34)51/h1-28,44H,(H,46,47,48). The first kappa shape index (κ1) is 28.7. The van der Waals surface area contributed by atoms with E-state index in [0.29, 0.717) is 11.9 Å². The third-order valence-corrected chi connectivity index (χ3v) is 10.2. The minimum absolute atomic E-state index is 0.531. The molecule has 0 aliphatic carbocycles. The van der Waals surface area contributed by atoms with E-state index >= 15 is 0 Å². The molecule has 3 aromatic heterocycles. The Morgan fingerprint density at radius 3 is 1.65 bits per heavy atom. The fourth-order valence-electron chi connectivity index (χ4n) is 7.94. The quantitative estimate of drug-likeness (QED) is 0.203. The number of aromatic nitrogens is 2. The monoisotopic (exact) mass is 670 g/mol. The molecule has 0 spiro atoms. The maximum absolute atomic E-state index is 6.24. The number of guanidine groups is 1. The van der Waals surface area contributed by atoms with Gasteiger partial charge in [0.05, 0.1) is 22.1 Å². The molecular weight excluding hydrogens is 641 g/mol. The smallest absolute Gasteiger partial charge is 0.236 e. The highest BCUT2D eigenvalue weighted by Crippen LogP contribution is 2.37. The first-order valence-electron chi connectivity index (χ1n) is 17.5. The van der Waals surface area contributed by atoms with Gasteiger partial charge in [0.15, 0.2) is 0 Å². The molecule has 11 rings (SSSR count). The van der Waals surface area contributed by atoms with Gasteiger partial charge < -0.3 is 14.3 Å². The predicted octanol–water partition coefficient (Wildman–Crippen LogP) is 11.0. The van der Waals surface area contributed by atoms with E-state index in [1.54, 1.807) is 0 Å². The lowest BCUT2D eigenvalue weighted by molar-refractivity contribution is 0.509. The minimum atomic E-state index is -0.531. The average Bonchev–Trinajstić information content (AvgIpc) is 3.86. The number of aliphatic imine (C=N–C) groups is 2. The Kier molecular flexibility index (Phi) is 6.18. The molecule has 1 N–H and O–H groups in total. The molecule has 0 saturated heterocycles. The number of para-hydroxylation sites is 6. The number of anilines is 2. The zero-order chi connectivity index (χ0) is 34.2. The second kappa shape index (κ2) is 11.2. The van der Waals surface area contributed by atoms with Crippen LogP contribution in [0, 0.1) is 0 Å². The van der Waals surface area contributed by atoms with Crippen molar-refractivity contribution >= 4 is 88.8 Å². The lowest BCUT2D eigenvalue weighted by Gasteiger charge is -2.32. The zero-order valence-electron chi connectivity index (χ0n) is 27.9. The molecule has 246 valence electrons. The van der Waals surface area contributed by atoms with Crippen molar-refractivity contribution in [1.29, 1.82) is 0 Å². The largest absolute Gasteiger partial charge is 0.456 e. The maximum Gasteiger partial charge on any atom is 0.236 e. The van der Waals surface area contributed by atoms with Gasteiger partial charge in [0.2, 0.25) is 18.2 Å². The molecule has 1 aliphatic heterocycles. The molecular formula is C45H30N6O. The Bertz CT molecular complexity index is 2970. The van der Waals surface area contributed by atoms with Gasteiger partial charge in [0, 0.05) is 43.7 Å². The lowest BCUT2D eigenvalue weighted by atomic mass is 10.1. The summed E-state index contributed by atoms with van der Waals surface area (Å²) in [5, 5.41) is 10.6. The molecule has 52 heavy (non-hydrogen) atoms. The average molecular weight is 671 g/mol. The highest BCUT2D eigenvalue weighted by molar-refractivity contribution is 6.18. The van der Waals surface area contributed by atoms with Gasteiger partial charge in [-0.3, -0.25) is 9.47 Å². The molecule has 10 aromatic rings. The topological polar surface area (TPSA) is 63.0 Å². The fourth-order valence-corrected chi connectivity index (χ4v) is 7.94. The van der Waals surface area contributed by atoms with Gasteiger partial charge in [0.25, 0.3) is 0 Å². The number of furan rings is 1. The third-order valence-electron chi connectivity index (χ3n) is 10.2. The van der Waals surface area contributed by atoms with E-state index in [1.807, 2.05) is 18.2 Å². The second-order valence-corrected chi connectivity index (χ2v) is 13.1. The van der Waals surface area contributed by atoms with Crippen molar-refractivity contribution in [3.8, 4) is 0 Å². The van der Waals surface area contributed by atoms with Gasteiger partial charge in [-0.15, -0.1) is 0 Å². The number of rotatable bonds is 3. The van der Waals surface area contributed by atoms with Crippen LogP contribution in [0.25, 0.3) is 65.6 Å². The summed E-state index contributed by atoms with van der Waals surface area (Å²) in [7, 11) is 0. The molecule has 1 aliphatic rings. The van der Waals surface area contributed by atoms with Crippen molar-refractivity contribution in [2.24, 2.45) is 9.98 Å². The van der Waals surface area contributed by atoms with Crippen LogP contribution < -0.4 is 10.2 Å². The number of fused-ring (bicyclic) bond motifs is 9. The molecule has 0 amide bonds. The van der Waals surface area contributed by atoms with E-state index in [4.69, 9.17) is 14.4 Å². The van der Waals surface area contributed by atoms with Crippen LogP contribution in [0.5, 0.6) is 0 Å². The number of hydrogen-bond acceptors (Lipinski definition) is 5. The van der Waals surface area contributed by atoms with Gasteiger partial charge in [0.1, 0.15) is 11.2 Å². The Balaban J connectivity index is 1.20. The molecule has 7 heteroatoms. The summed E-state index contributed by atoms with van der Waals surface area (Å²) in [6.07, 6.45) is -0.531. The second-order valence-electron chi connectivity index (χ2n) is 13.1. The summed E-state index contributed by atoms with van der Waals surface area (Å²) in [6, 6.07) is 59.0. The summed E-state index contributed by atoms with van der Waals surface area (Å²) in [5.74, 6) is 1.24. The van der Waals surface area contributed by atoms with Crippen LogP contribution in [0.15, 0.2) is 184 Å². The van der Waals surface area contributed by atoms with Crippen LogP contribution in [-0.2, 0) is 0 Å². The molecule has 7 aromatic carbocycles.